The number of nitrogens with zero attached hydrogens (tertiary/aromatic N) is 2. The van der Waals surface area contributed by atoms with Crippen molar-refractivity contribution in [3.05, 3.63) is 17.4 Å². The second-order valence-electron chi connectivity index (χ2n) is 4.43. The Balaban J connectivity index is 2.13. The maximum Gasteiger partial charge on any atom is 0.222 e. The summed E-state index contributed by atoms with van der Waals surface area (Å²) < 4.78 is 22.7. The summed E-state index contributed by atoms with van der Waals surface area (Å²) in [5.41, 5.74) is 0. The lowest BCUT2D eigenvalue weighted by atomic mass is 10.2. The van der Waals surface area contributed by atoms with E-state index in [1.165, 1.54) is 18.6 Å². The molecule has 1 saturated carbocycles. The van der Waals surface area contributed by atoms with Gasteiger partial charge in [-0.2, -0.15) is 0 Å². The van der Waals surface area contributed by atoms with Crippen molar-refractivity contribution >= 4 is 27.4 Å². The third kappa shape index (κ3) is 2.37. The molecule has 0 aliphatic heterocycles. The van der Waals surface area contributed by atoms with Gasteiger partial charge in [0.25, 0.3) is 0 Å². The Kier molecular flexibility index (Phi) is 3.03. The zero-order valence-corrected chi connectivity index (χ0v) is 11.2. The minimum Gasteiger partial charge on any atom is -0.350 e. The second-order valence-corrected chi connectivity index (χ2v) is 7.22. The Morgan fingerprint density at radius 3 is 2.35 bits per heavy atom. The Morgan fingerprint density at radius 2 is 1.94 bits per heavy atom. The minimum absolute atomic E-state index is 0.210. The molecule has 1 atom stereocenters. The monoisotopic (exact) mass is 275 g/mol. The lowest BCUT2D eigenvalue weighted by Gasteiger charge is -2.22. The van der Waals surface area contributed by atoms with Crippen LogP contribution in [-0.4, -0.2) is 35.4 Å². The summed E-state index contributed by atoms with van der Waals surface area (Å²) in [5, 5.41) is 3.47. The average molecular weight is 276 g/mol. The number of hydrogen-bond donors (Lipinski definition) is 1. The molecule has 0 aromatic carbocycles. The fraction of sp³-hybridized carbons (Fsp3) is 0.600. The Bertz CT molecular complexity index is 511. The molecule has 1 N–H and O–H groups in total. The highest BCUT2D eigenvalue weighted by Crippen LogP contribution is 2.46. The number of anilines is 1. The van der Waals surface area contributed by atoms with Crippen LogP contribution in [-0.2, 0) is 9.84 Å². The van der Waals surface area contributed by atoms with E-state index in [4.69, 9.17) is 11.6 Å². The molecule has 1 heterocycles. The molecule has 5 nitrogen and oxygen atoms in total. The Labute approximate surface area is 106 Å². The van der Waals surface area contributed by atoms with Gasteiger partial charge in [0.1, 0.15) is 0 Å². The minimum atomic E-state index is -3.06. The molecule has 1 aliphatic rings. The van der Waals surface area contributed by atoms with E-state index in [1.54, 1.807) is 0 Å². The molecule has 2 rings (SSSR count). The van der Waals surface area contributed by atoms with E-state index in [-0.39, 0.29) is 6.04 Å². The van der Waals surface area contributed by atoms with Crippen LogP contribution in [0.3, 0.4) is 0 Å². The van der Waals surface area contributed by atoms with Crippen LogP contribution >= 0.6 is 11.6 Å². The van der Waals surface area contributed by atoms with Crippen molar-refractivity contribution in [3.63, 3.8) is 0 Å². The topological polar surface area (TPSA) is 72.0 Å². The SMILES string of the molecule is CC(Nc1ncc(Cl)cn1)C1(S(C)(=O)=O)CC1. The fourth-order valence-corrected chi connectivity index (χ4v) is 3.60. The molecule has 1 aromatic heterocycles. The van der Waals surface area contributed by atoms with Gasteiger partial charge in [-0.3, -0.25) is 0 Å². The number of nitrogens with one attached hydrogen (secondary N) is 1. The summed E-state index contributed by atoms with van der Waals surface area (Å²) in [6, 6.07) is -0.210. The van der Waals surface area contributed by atoms with Crippen molar-refractivity contribution in [3.8, 4) is 0 Å². The molecule has 0 spiro atoms. The molecule has 0 bridgehead atoms. The molecule has 1 fully saturated rings. The average Bonchev–Trinajstić information content (AvgIpc) is 3.01. The third-order valence-electron chi connectivity index (χ3n) is 3.24. The molecule has 0 amide bonds. The quantitative estimate of drug-likeness (QED) is 0.902. The van der Waals surface area contributed by atoms with Gasteiger partial charge in [-0.05, 0) is 19.8 Å². The summed E-state index contributed by atoms with van der Waals surface area (Å²) in [4.78, 5) is 7.99. The van der Waals surface area contributed by atoms with E-state index < -0.39 is 14.6 Å². The molecular weight excluding hydrogens is 262 g/mol. The maximum atomic E-state index is 11.7. The van der Waals surface area contributed by atoms with E-state index in [2.05, 4.69) is 15.3 Å². The highest BCUT2D eigenvalue weighted by molar-refractivity contribution is 7.92. The van der Waals surface area contributed by atoms with Crippen LogP contribution in [0.2, 0.25) is 5.02 Å². The summed E-state index contributed by atoms with van der Waals surface area (Å²) in [7, 11) is -3.06. The standard InChI is InChI=1S/C10H14ClN3O2S/c1-7(10(3-4-10)17(2,15)16)14-9-12-5-8(11)6-13-9/h5-7H,3-4H2,1-2H3,(H,12,13,14). The van der Waals surface area contributed by atoms with Gasteiger partial charge >= 0.3 is 0 Å². The zero-order chi connectivity index (χ0) is 12.7. The van der Waals surface area contributed by atoms with E-state index in [9.17, 15) is 8.42 Å². The van der Waals surface area contributed by atoms with Gasteiger partial charge in [-0.25, -0.2) is 18.4 Å². The van der Waals surface area contributed by atoms with Gasteiger partial charge in [0.05, 0.1) is 22.2 Å². The third-order valence-corrected chi connectivity index (χ3v) is 5.67. The summed E-state index contributed by atoms with van der Waals surface area (Å²) in [5.74, 6) is 0.400. The molecule has 17 heavy (non-hydrogen) atoms. The first-order chi connectivity index (χ1) is 7.85. The van der Waals surface area contributed by atoms with Crippen molar-refractivity contribution in [1.29, 1.82) is 0 Å². The van der Waals surface area contributed by atoms with E-state index >= 15 is 0 Å². The molecule has 94 valence electrons. The van der Waals surface area contributed by atoms with E-state index in [1.807, 2.05) is 6.92 Å². The highest BCUT2D eigenvalue weighted by atomic mass is 35.5. The Morgan fingerprint density at radius 1 is 1.41 bits per heavy atom. The fourth-order valence-electron chi connectivity index (χ4n) is 1.96. The molecule has 7 heteroatoms. The summed E-state index contributed by atoms with van der Waals surface area (Å²) in [6.07, 6.45) is 5.61. The van der Waals surface area contributed by atoms with Crippen LogP contribution in [0.4, 0.5) is 5.95 Å². The van der Waals surface area contributed by atoms with Crippen molar-refractivity contribution in [2.45, 2.75) is 30.6 Å². The zero-order valence-electron chi connectivity index (χ0n) is 9.64. The van der Waals surface area contributed by atoms with Gasteiger partial charge in [0, 0.05) is 12.3 Å². The predicted octanol–water partition coefficient (Wildman–Crippen LogP) is 1.51. The maximum absolute atomic E-state index is 11.7. The second kappa shape index (κ2) is 4.10. The van der Waals surface area contributed by atoms with Crippen LogP contribution in [0.1, 0.15) is 19.8 Å². The van der Waals surface area contributed by atoms with Crippen LogP contribution in [0.25, 0.3) is 0 Å². The Hall–Kier alpha value is -0.880. The van der Waals surface area contributed by atoms with Gasteiger partial charge in [-0.1, -0.05) is 11.6 Å². The van der Waals surface area contributed by atoms with Crippen LogP contribution in [0.5, 0.6) is 0 Å². The van der Waals surface area contributed by atoms with Gasteiger partial charge in [0.2, 0.25) is 5.95 Å². The first-order valence-electron chi connectivity index (χ1n) is 5.29. The van der Waals surface area contributed by atoms with E-state index in [0.717, 1.165) is 0 Å². The predicted molar refractivity (Wildman–Crippen MR) is 66.9 cm³/mol. The van der Waals surface area contributed by atoms with Crippen molar-refractivity contribution in [1.82, 2.24) is 9.97 Å². The smallest absolute Gasteiger partial charge is 0.222 e. The van der Waals surface area contributed by atoms with Gasteiger partial charge in [-0.15, -0.1) is 0 Å². The van der Waals surface area contributed by atoms with E-state index in [0.29, 0.717) is 23.8 Å². The van der Waals surface area contributed by atoms with Gasteiger partial charge < -0.3 is 5.32 Å². The molecule has 0 radical (unpaired) electrons. The van der Waals surface area contributed by atoms with Crippen molar-refractivity contribution in [2.75, 3.05) is 11.6 Å². The number of sulfone groups is 1. The molecule has 1 unspecified atom stereocenters. The van der Waals surface area contributed by atoms with Crippen LogP contribution < -0.4 is 5.32 Å². The first kappa shape index (κ1) is 12.6. The number of halogens is 1. The largest absolute Gasteiger partial charge is 0.350 e. The molecule has 1 aliphatic carbocycles. The number of aromatic nitrogens is 2. The highest BCUT2D eigenvalue weighted by Gasteiger charge is 2.56. The number of rotatable bonds is 4. The lowest BCUT2D eigenvalue weighted by molar-refractivity contribution is 0.567. The first-order valence-corrected chi connectivity index (χ1v) is 7.56. The summed E-state index contributed by atoms with van der Waals surface area (Å²) >= 11 is 5.67. The van der Waals surface area contributed by atoms with Crippen molar-refractivity contribution < 1.29 is 8.42 Å². The normalized spacial score (nSPS) is 19.7. The molecule has 1 aromatic rings. The van der Waals surface area contributed by atoms with Crippen LogP contribution in [0.15, 0.2) is 12.4 Å². The molecular formula is C10H14ClN3O2S. The number of hydrogen-bond acceptors (Lipinski definition) is 5. The molecule has 0 saturated heterocycles. The van der Waals surface area contributed by atoms with Gasteiger partial charge in [0.15, 0.2) is 9.84 Å². The summed E-state index contributed by atoms with van der Waals surface area (Å²) in [6.45, 7) is 1.84. The van der Waals surface area contributed by atoms with Crippen LogP contribution in [0, 0.1) is 0 Å². The van der Waals surface area contributed by atoms with Crippen molar-refractivity contribution in [2.24, 2.45) is 0 Å². The lowest BCUT2D eigenvalue weighted by Crippen LogP contribution is -2.39.